The fourth-order valence-electron chi connectivity index (χ4n) is 1.23. The van der Waals surface area contributed by atoms with Crippen LogP contribution in [-0.2, 0) is 16.0 Å². The maximum Gasteiger partial charge on any atom is 0.310 e. The largest absolute Gasteiger partial charge is 0.469 e. The fraction of sp³-hybridized carbons (Fsp3) is 0.200. The average molecular weight is 255 g/mol. The third kappa shape index (κ3) is 2.92. The van der Waals surface area contributed by atoms with E-state index in [0.29, 0.717) is 0 Å². The van der Waals surface area contributed by atoms with Gasteiger partial charge in [-0.1, -0.05) is 11.6 Å². The molecule has 0 aliphatic carbocycles. The monoisotopic (exact) mass is 254 g/mol. The van der Waals surface area contributed by atoms with Gasteiger partial charge in [0.1, 0.15) is 6.07 Å². The van der Waals surface area contributed by atoms with Crippen molar-refractivity contribution in [2.24, 2.45) is 0 Å². The second-order valence-corrected chi connectivity index (χ2v) is 3.49. The predicted octanol–water partition coefficient (Wildman–Crippen LogP) is 1.84. The van der Waals surface area contributed by atoms with E-state index in [9.17, 15) is 14.9 Å². The zero-order valence-corrected chi connectivity index (χ0v) is 9.52. The number of benzene rings is 1. The lowest BCUT2D eigenvalue weighted by molar-refractivity contribution is -0.385. The molecule has 88 valence electrons. The van der Waals surface area contributed by atoms with Crippen LogP contribution in [0.1, 0.15) is 11.1 Å². The van der Waals surface area contributed by atoms with Crippen molar-refractivity contribution in [2.45, 2.75) is 6.42 Å². The minimum absolute atomic E-state index is 0.0205. The van der Waals surface area contributed by atoms with Gasteiger partial charge in [0.2, 0.25) is 0 Å². The Hall–Kier alpha value is -2.13. The molecule has 0 atom stereocenters. The van der Waals surface area contributed by atoms with Gasteiger partial charge in [-0.3, -0.25) is 14.9 Å². The Morgan fingerprint density at radius 3 is 2.76 bits per heavy atom. The molecule has 0 aliphatic rings. The molecule has 1 rings (SSSR count). The molecular formula is C10H7ClN2O4. The van der Waals surface area contributed by atoms with E-state index in [2.05, 4.69) is 4.74 Å². The van der Waals surface area contributed by atoms with Crippen molar-refractivity contribution in [2.75, 3.05) is 7.11 Å². The summed E-state index contributed by atoms with van der Waals surface area (Å²) in [6.07, 6.45) is -0.279. The number of ether oxygens (including phenoxy) is 1. The van der Waals surface area contributed by atoms with Gasteiger partial charge in [0, 0.05) is 11.6 Å². The van der Waals surface area contributed by atoms with Crippen LogP contribution in [0.2, 0.25) is 5.02 Å². The summed E-state index contributed by atoms with van der Waals surface area (Å²) < 4.78 is 4.42. The zero-order chi connectivity index (χ0) is 13.0. The highest BCUT2D eigenvalue weighted by Crippen LogP contribution is 2.27. The van der Waals surface area contributed by atoms with Gasteiger partial charge < -0.3 is 4.74 Å². The first-order chi connectivity index (χ1) is 7.99. The van der Waals surface area contributed by atoms with Gasteiger partial charge in [-0.25, -0.2) is 0 Å². The van der Waals surface area contributed by atoms with Crippen LogP contribution in [0.5, 0.6) is 0 Å². The highest BCUT2D eigenvalue weighted by molar-refractivity contribution is 6.32. The summed E-state index contributed by atoms with van der Waals surface area (Å²) in [4.78, 5) is 21.2. The molecule has 0 bridgehead atoms. The highest BCUT2D eigenvalue weighted by atomic mass is 35.5. The molecule has 0 radical (unpaired) electrons. The van der Waals surface area contributed by atoms with Gasteiger partial charge in [-0.15, -0.1) is 0 Å². The van der Waals surface area contributed by atoms with Crippen LogP contribution >= 0.6 is 11.6 Å². The number of carbonyl (C=O) groups excluding carboxylic acids is 1. The van der Waals surface area contributed by atoms with Gasteiger partial charge in [-0.2, -0.15) is 5.26 Å². The highest BCUT2D eigenvalue weighted by Gasteiger charge is 2.19. The second-order valence-electron chi connectivity index (χ2n) is 3.08. The van der Waals surface area contributed by atoms with Crippen LogP contribution in [0.15, 0.2) is 12.1 Å². The number of rotatable bonds is 3. The van der Waals surface area contributed by atoms with Gasteiger partial charge in [-0.05, 0) is 6.07 Å². The summed E-state index contributed by atoms with van der Waals surface area (Å²) in [6, 6.07) is 4.06. The molecule has 0 aliphatic heterocycles. The molecular weight excluding hydrogens is 248 g/mol. The Morgan fingerprint density at radius 1 is 1.65 bits per heavy atom. The summed E-state index contributed by atoms with van der Waals surface area (Å²) in [5.41, 5.74) is -0.127. The fourth-order valence-corrected chi connectivity index (χ4v) is 1.43. The SMILES string of the molecule is COC(=O)Cc1cc(C#N)c(Cl)cc1[N+](=O)[O-]. The number of halogens is 1. The number of nitriles is 1. The Bertz CT molecular complexity index is 522. The summed E-state index contributed by atoms with van der Waals surface area (Å²) >= 11 is 5.67. The molecule has 0 aromatic heterocycles. The molecule has 6 nitrogen and oxygen atoms in total. The van der Waals surface area contributed by atoms with E-state index in [-0.39, 0.29) is 28.3 Å². The number of hydrogen-bond acceptors (Lipinski definition) is 5. The quantitative estimate of drug-likeness (QED) is 0.466. The number of hydrogen-bond donors (Lipinski definition) is 0. The molecule has 0 saturated heterocycles. The third-order valence-electron chi connectivity index (χ3n) is 2.05. The van der Waals surface area contributed by atoms with Crippen molar-refractivity contribution in [3.63, 3.8) is 0 Å². The van der Waals surface area contributed by atoms with Crippen molar-refractivity contribution in [1.82, 2.24) is 0 Å². The van der Waals surface area contributed by atoms with Gasteiger partial charge in [0.25, 0.3) is 5.69 Å². The molecule has 0 fully saturated rings. The number of nitro benzene ring substituents is 1. The standard InChI is InChI=1S/C10H7ClN2O4/c1-17-10(14)3-6-2-7(5-12)8(11)4-9(6)13(15)16/h2,4H,3H2,1H3. The first-order valence-corrected chi connectivity index (χ1v) is 4.81. The van der Waals surface area contributed by atoms with E-state index < -0.39 is 10.9 Å². The lowest BCUT2D eigenvalue weighted by Crippen LogP contribution is -2.07. The smallest absolute Gasteiger partial charge is 0.310 e. The maximum atomic E-state index is 11.1. The molecule has 0 N–H and O–H groups in total. The van der Waals surface area contributed by atoms with Crippen LogP contribution in [0.4, 0.5) is 5.69 Å². The Labute approximate surface area is 102 Å². The van der Waals surface area contributed by atoms with E-state index in [1.807, 2.05) is 0 Å². The van der Waals surface area contributed by atoms with E-state index in [4.69, 9.17) is 16.9 Å². The van der Waals surface area contributed by atoms with Gasteiger partial charge in [0.05, 0.1) is 29.0 Å². The predicted molar refractivity (Wildman–Crippen MR) is 58.5 cm³/mol. The maximum absolute atomic E-state index is 11.1. The molecule has 1 aromatic carbocycles. The van der Waals surface area contributed by atoms with Crippen molar-refractivity contribution in [3.05, 3.63) is 38.4 Å². The number of esters is 1. The van der Waals surface area contributed by atoms with Crippen LogP contribution in [0, 0.1) is 21.4 Å². The minimum Gasteiger partial charge on any atom is -0.469 e. The third-order valence-corrected chi connectivity index (χ3v) is 2.36. The second kappa shape index (κ2) is 5.27. The topological polar surface area (TPSA) is 93.2 Å². The minimum atomic E-state index is -0.661. The summed E-state index contributed by atoms with van der Waals surface area (Å²) in [5, 5.41) is 19.5. The molecule has 0 unspecified atom stereocenters. The molecule has 0 saturated carbocycles. The van der Waals surface area contributed by atoms with Gasteiger partial charge >= 0.3 is 5.97 Å². The molecule has 17 heavy (non-hydrogen) atoms. The number of nitrogens with zero attached hydrogens (tertiary/aromatic N) is 2. The van der Waals surface area contributed by atoms with E-state index in [1.165, 1.54) is 13.2 Å². The molecule has 0 heterocycles. The van der Waals surface area contributed by atoms with E-state index in [0.717, 1.165) is 6.07 Å². The molecule has 1 aromatic rings. The summed E-state index contributed by atoms with van der Waals surface area (Å²) in [6.45, 7) is 0. The number of carbonyl (C=O) groups is 1. The first-order valence-electron chi connectivity index (χ1n) is 4.43. The molecule has 0 amide bonds. The summed E-state index contributed by atoms with van der Waals surface area (Å²) in [7, 11) is 1.18. The number of methoxy groups -OCH3 is 1. The van der Waals surface area contributed by atoms with Gasteiger partial charge in [0.15, 0.2) is 0 Å². The number of nitro groups is 1. The van der Waals surface area contributed by atoms with Crippen LogP contribution in [-0.4, -0.2) is 18.0 Å². The average Bonchev–Trinajstić information content (AvgIpc) is 2.30. The van der Waals surface area contributed by atoms with Crippen molar-refractivity contribution >= 4 is 23.3 Å². The zero-order valence-electron chi connectivity index (χ0n) is 8.77. The van der Waals surface area contributed by atoms with Crippen LogP contribution in [0.3, 0.4) is 0 Å². The Balaban J connectivity index is 3.30. The van der Waals surface area contributed by atoms with Crippen molar-refractivity contribution in [1.29, 1.82) is 5.26 Å². The summed E-state index contributed by atoms with van der Waals surface area (Å²) in [5.74, 6) is -0.626. The van der Waals surface area contributed by atoms with E-state index >= 15 is 0 Å². The molecule has 7 heteroatoms. The van der Waals surface area contributed by atoms with Crippen molar-refractivity contribution in [3.8, 4) is 6.07 Å². The lowest BCUT2D eigenvalue weighted by Gasteiger charge is -2.03. The normalized spacial score (nSPS) is 9.47. The van der Waals surface area contributed by atoms with Crippen molar-refractivity contribution < 1.29 is 14.5 Å². The molecule has 0 spiro atoms. The van der Waals surface area contributed by atoms with Crippen LogP contribution in [0.25, 0.3) is 0 Å². The lowest BCUT2D eigenvalue weighted by atomic mass is 10.1. The Morgan fingerprint density at radius 2 is 2.29 bits per heavy atom. The van der Waals surface area contributed by atoms with Crippen LogP contribution < -0.4 is 0 Å². The first kappa shape index (κ1) is 12.9. The Kier molecular flexibility index (Phi) is 4.01. The van der Waals surface area contributed by atoms with E-state index in [1.54, 1.807) is 6.07 Å².